The second kappa shape index (κ2) is 5.14. The maximum absolute atomic E-state index is 11.5. The highest BCUT2D eigenvalue weighted by Crippen LogP contribution is 2.40. The zero-order valence-corrected chi connectivity index (χ0v) is 10.8. The lowest BCUT2D eigenvalue weighted by Crippen LogP contribution is -2.24. The van der Waals surface area contributed by atoms with Crippen molar-refractivity contribution in [2.45, 2.75) is 17.4 Å². The molecule has 5 nitrogen and oxygen atoms in total. The highest BCUT2D eigenvalue weighted by Gasteiger charge is 2.26. The molecule has 0 spiro atoms. The fourth-order valence-electron chi connectivity index (χ4n) is 1.64. The fraction of sp³-hybridized carbons (Fsp3) is 0.500. The Kier molecular flexibility index (Phi) is 3.78. The van der Waals surface area contributed by atoms with E-state index < -0.39 is 11.5 Å². The van der Waals surface area contributed by atoms with Crippen molar-refractivity contribution in [1.82, 2.24) is 9.97 Å². The fourth-order valence-corrected chi connectivity index (χ4v) is 4.36. The number of hydrogen-bond donors (Lipinski definition) is 2. The summed E-state index contributed by atoms with van der Waals surface area (Å²) in [6.45, 7) is 2.09. The smallest absolute Gasteiger partial charge is 0.342 e. The van der Waals surface area contributed by atoms with E-state index in [-0.39, 0.29) is 10.8 Å². The van der Waals surface area contributed by atoms with Gasteiger partial charge in [-0.05, 0) is 0 Å². The summed E-state index contributed by atoms with van der Waals surface area (Å²) in [6.07, 6.45) is 1.14. The highest BCUT2D eigenvalue weighted by molar-refractivity contribution is 8.06. The van der Waals surface area contributed by atoms with Crippen molar-refractivity contribution in [3.05, 3.63) is 27.9 Å². The first-order valence-corrected chi connectivity index (χ1v) is 7.25. The molecular weight excluding hydrogens is 260 g/mol. The number of nitrogens with one attached hydrogen (secondary N) is 1. The number of aromatic amines is 1. The van der Waals surface area contributed by atoms with Gasteiger partial charge < -0.3 is 10.1 Å². The molecule has 2 heterocycles. The van der Waals surface area contributed by atoms with Gasteiger partial charge in [-0.15, -0.1) is 11.8 Å². The van der Waals surface area contributed by atoms with Crippen LogP contribution in [0.1, 0.15) is 28.4 Å². The minimum Gasteiger partial charge on any atom is -0.477 e. The molecule has 92 valence electrons. The van der Waals surface area contributed by atoms with Crippen molar-refractivity contribution in [3.63, 3.8) is 0 Å². The zero-order valence-electron chi connectivity index (χ0n) is 9.17. The Morgan fingerprint density at radius 2 is 2.24 bits per heavy atom. The van der Waals surface area contributed by atoms with E-state index in [0.717, 1.165) is 17.7 Å². The minimum atomic E-state index is -1.25. The Morgan fingerprint density at radius 1 is 1.53 bits per heavy atom. The van der Waals surface area contributed by atoms with Crippen LogP contribution in [-0.4, -0.2) is 37.8 Å². The van der Waals surface area contributed by atoms with Gasteiger partial charge in [-0.25, -0.2) is 9.78 Å². The van der Waals surface area contributed by atoms with Gasteiger partial charge in [-0.2, -0.15) is 11.8 Å². The van der Waals surface area contributed by atoms with Crippen LogP contribution in [0, 0.1) is 0 Å². The largest absolute Gasteiger partial charge is 0.477 e. The SMILES string of the molecule is CC1SCCSC1c1ncc(C(=O)O)c(=O)[nH]1. The molecule has 0 radical (unpaired) electrons. The van der Waals surface area contributed by atoms with Crippen molar-refractivity contribution in [1.29, 1.82) is 0 Å². The molecule has 1 fully saturated rings. The Bertz CT molecular complexity index is 489. The minimum absolute atomic E-state index is 0.129. The van der Waals surface area contributed by atoms with Gasteiger partial charge in [0.05, 0.1) is 5.25 Å². The molecule has 2 unspecified atom stereocenters. The number of hydrogen-bond acceptors (Lipinski definition) is 5. The Balaban J connectivity index is 2.31. The summed E-state index contributed by atoms with van der Waals surface area (Å²) in [5, 5.41) is 9.25. The maximum Gasteiger partial charge on any atom is 0.342 e. The van der Waals surface area contributed by atoms with Crippen molar-refractivity contribution in [2.24, 2.45) is 0 Å². The number of rotatable bonds is 2. The Hall–Kier alpha value is -0.950. The van der Waals surface area contributed by atoms with Gasteiger partial charge >= 0.3 is 5.97 Å². The monoisotopic (exact) mass is 272 g/mol. The second-order valence-electron chi connectivity index (χ2n) is 3.68. The number of aromatic carboxylic acids is 1. The number of nitrogens with zero attached hydrogens (tertiary/aromatic N) is 1. The lowest BCUT2D eigenvalue weighted by molar-refractivity contribution is 0.0694. The predicted molar refractivity (Wildman–Crippen MR) is 68.9 cm³/mol. The first-order valence-electron chi connectivity index (χ1n) is 5.15. The number of carboxylic acid groups (broad SMARTS) is 1. The number of H-pyrrole nitrogens is 1. The van der Waals surface area contributed by atoms with Gasteiger partial charge in [0.25, 0.3) is 5.56 Å². The van der Waals surface area contributed by atoms with E-state index in [1.807, 2.05) is 11.8 Å². The maximum atomic E-state index is 11.5. The second-order valence-corrected chi connectivity index (χ2v) is 6.42. The molecule has 1 aliphatic rings. The highest BCUT2D eigenvalue weighted by atomic mass is 32.2. The number of aromatic nitrogens is 2. The molecule has 1 aliphatic heterocycles. The standard InChI is InChI=1S/C10H12N2O3S2/c1-5-7(17-3-2-16-5)8-11-4-6(10(14)15)9(13)12-8/h4-5,7H,2-3H2,1H3,(H,14,15)(H,11,12,13). The first-order chi connectivity index (χ1) is 8.09. The van der Waals surface area contributed by atoms with Crippen LogP contribution in [-0.2, 0) is 0 Å². The Morgan fingerprint density at radius 3 is 2.82 bits per heavy atom. The lowest BCUT2D eigenvalue weighted by Gasteiger charge is -2.26. The normalized spacial score (nSPS) is 24.5. The first kappa shape index (κ1) is 12.5. The van der Waals surface area contributed by atoms with E-state index in [4.69, 9.17) is 5.11 Å². The van der Waals surface area contributed by atoms with Crippen molar-refractivity contribution < 1.29 is 9.90 Å². The Labute approximate surface area is 106 Å². The molecule has 7 heteroatoms. The summed E-state index contributed by atoms with van der Waals surface area (Å²) < 4.78 is 0. The molecule has 2 rings (SSSR count). The molecule has 1 saturated heterocycles. The molecule has 0 aromatic carbocycles. The molecular formula is C10H12N2O3S2. The summed E-state index contributed by atoms with van der Waals surface area (Å²) in [5.74, 6) is 1.44. The van der Waals surface area contributed by atoms with Gasteiger partial charge in [-0.3, -0.25) is 4.79 Å². The van der Waals surface area contributed by atoms with Crippen LogP contribution in [0.2, 0.25) is 0 Å². The van der Waals surface area contributed by atoms with Gasteiger partial charge in [0, 0.05) is 23.0 Å². The zero-order chi connectivity index (χ0) is 12.4. The van der Waals surface area contributed by atoms with Crippen LogP contribution in [0.5, 0.6) is 0 Å². The molecule has 17 heavy (non-hydrogen) atoms. The quantitative estimate of drug-likeness (QED) is 0.846. The van der Waals surface area contributed by atoms with E-state index in [1.165, 1.54) is 0 Å². The van der Waals surface area contributed by atoms with Crippen LogP contribution in [0.15, 0.2) is 11.0 Å². The average Bonchev–Trinajstić information content (AvgIpc) is 2.29. The summed E-state index contributed by atoms with van der Waals surface area (Å²) in [4.78, 5) is 28.9. The lowest BCUT2D eigenvalue weighted by atomic mass is 10.3. The van der Waals surface area contributed by atoms with Gasteiger partial charge in [0.1, 0.15) is 11.4 Å². The average molecular weight is 272 g/mol. The summed E-state index contributed by atoms with van der Waals surface area (Å²) in [6, 6.07) is 0. The van der Waals surface area contributed by atoms with Crippen LogP contribution >= 0.6 is 23.5 Å². The molecule has 1 aromatic heterocycles. The van der Waals surface area contributed by atoms with E-state index >= 15 is 0 Å². The van der Waals surface area contributed by atoms with E-state index in [0.29, 0.717) is 11.1 Å². The third-order valence-corrected chi connectivity index (χ3v) is 5.61. The molecule has 2 N–H and O–H groups in total. The van der Waals surface area contributed by atoms with E-state index in [1.54, 1.807) is 11.8 Å². The number of carbonyl (C=O) groups is 1. The summed E-state index contributed by atoms with van der Waals surface area (Å²) in [7, 11) is 0. The van der Waals surface area contributed by atoms with E-state index in [2.05, 4.69) is 16.9 Å². The van der Waals surface area contributed by atoms with Crippen LogP contribution in [0.4, 0.5) is 0 Å². The van der Waals surface area contributed by atoms with Crippen LogP contribution < -0.4 is 5.56 Å². The topological polar surface area (TPSA) is 83.0 Å². The molecule has 0 saturated carbocycles. The summed E-state index contributed by atoms with van der Waals surface area (Å²) in [5.41, 5.74) is -0.888. The third kappa shape index (κ3) is 2.66. The predicted octanol–water partition coefficient (Wildman–Crippen LogP) is 1.38. The molecule has 0 aliphatic carbocycles. The molecule has 0 amide bonds. The number of thioether (sulfide) groups is 2. The molecule has 0 bridgehead atoms. The summed E-state index contributed by atoms with van der Waals surface area (Å²) >= 11 is 3.58. The van der Waals surface area contributed by atoms with E-state index in [9.17, 15) is 9.59 Å². The van der Waals surface area contributed by atoms with Crippen molar-refractivity contribution in [3.8, 4) is 0 Å². The van der Waals surface area contributed by atoms with Gasteiger partial charge in [0.2, 0.25) is 0 Å². The third-order valence-electron chi connectivity index (χ3n) is 2.51. The van der Waals surface area contributed by atoms with Crippen LogP contribution in [0.25, 0.3) is 0 Å². The molecule has 2 atom stereocenters. The van der Waals surface area contributed by atoms with Crippen LogP contribution in [0.3, 0.4) is 0 Å². The molecule has 1 aromatic rings. The van der Waals surface area contributed by atoms with Crippen molar-refractivity contribution in [2.75, 3.05) is 11.5 Å². The van der Waals surface area contributed by atoms with Gasteiger partial charge in [-0.1, -0.05) is 6.92 Å². The number of carboxylic acids is 1. The van der Waals surface area contributed by atoms with Crippen molar-refractivity contribution >= 4 is 29.5 Å². The van der Waals surface area contributed by atoms with Gasteiger partial charge in [0.15, 0.2) is 0 Å².